The molecule has 0 aromatic rings. The highest BCUT2D eigenvalue weighted by atomic mass is 16.2. The van der Waals surface area contributed by atoms with Gasteiger partial charge >= 0.3 is 0 Å². The zero-order valence-electron chi connectivity index (χ0n) is 9.85. The lowest BCUT2D eigenvalue weighted by Crippen LogP contribution is -2.42. The van der Waals surface area contributed by atoms with Crippen LogP contribution in [0.3, 0.4) is 0 Å². The maximum absolute atomic E-state index is 11.6. The normalized spacial score (nSPS) is 14.0. The lowest BCUT2D eigenvalue weighted by molar-refractivity contribution is -0.133. The lowest BCUT2D eigenvalue weighted by atomic mass is 9.87. The van der Waals surface area contributed by atoms with Crippen LogP contribution in [0.25, 0.3) is 0 Å². The molecule has 0 saturated heterocycles. The van der Waals surface area contributed by atoms with Crippen molar-refractivity contribution in [3.63, 3.8) is 0 Å². The highest BCUT2D eigenvalue weighted by Gasteiger charge is 2.26. The van der Waals surface area contributed by atoms with Crippen molar-refractivity contribution >= 4 is 5.91 Å². The minimum absolute atomic E-state index is 0.165. The van der Waals surface area contributed by atoms with Crippen molar-refractivity contribution in [2.24, 2.45) is 5.41 Å². The summed E-state index contributed by atoms with van der Waals surface area (Å²) in [6, 6.07) is 0.298. The molecule has 0 bridgehead atoms. The van der Waals surface area contributed by atoms with Crippen molar-refractivity contribution in [1.82, 2.24) is 4.90 Å². The summed E-state index contributed by atoms with van der Waals surface area (Å²) in [5, 5.41) is 0. The number of carbonyl (C=O) groups is 1. The van der Waals surface area contributed by atoms with E-state index in [0.717, 1.165) is 6.42 Å². The number of hydrogen-bond donors (Lipinski definition) is 0. The molecule has 0 aliphatic carbocycles. The Kier molecular flexibility index (Phi) is 4.45. The molecular formula is C11H23NO. The fourth-order valence-electron chi connectivity index (χ4n) is 1.19. The topological polar surface area (TPSA) is 20.3 Å². The number of amides is 1. The molecule has 0 aliphatic heterocycles. The second-order valence-electron chi connectivity index (χ2n) is 4.80. The van der Waals surface area contributed by atoms with E-state index in [4.69, 9.17) is 0 Å². The molecule has 0 saturated carbocycles. The first-order valence-corrected chi connectivity index (χ1v) is 5.06. The second kappa shape index (κ2) is 4.64. The smallest absolute Gasteiger partial charge is 0.222 e. The maximum atomic E-state index is 11.6. The van der Waals surface area contributed by atoms with Gasteiger partial charge in [0.15, 0.2) is 0 Å². The molecule has 0 spiro atoms. The molecule has 1 amide bonds. The van der Waals surface area contributed by atoms with Crippen LogP contribution in [-0.2, 0) is 4.79 Å². The van der Waals surface area contributed by atoms with Gasteiger partial charge in [-0.15, -0.1) is 0 Å². The molecule has 0 N–H and O–H groups in total. The largest absolute Gasteiger partial charge is 0.343 e. The number of carbonyl (C=O) groups excluding carboxylic acids is 1. The summed E-state index contributed by atoms with van der Waals surface area (Å²) in [5.74, 6) is 0.255. The summed E-state index contributed by atoms with van der Waals surface area (Å²) in [7, 11) is 1.90. The minimum Gasteiger partial charge on any atom is -0.343 e. The summed E-state index contributed by atoms with van der Waals surface area (Å²) < 4.78 is 0. The van der Waals surface area contributed by atoms with Crippen molar-refractivity contribution in [3.8, 4) is 0 Å². The molecule has 0 aromatic carbocycles. The third-order valence-corrected chi connectivity index (χ3v) is 2.69. The first kappa shape index (κ1) is 12.5. The first-order valence-electron chi connectivity index (χ1n) is 5.06. The van der Waals surface area contributed by atoms with E-state index in [1.807, 2.05) is 18.9 Å². The van der Waals surface area contributed by atoms with Crippen molar-refractivity contribution in [2.75, 3.05) is 7.05 Å². The van der Waals surface area contributed by atoms with Crippen molar-refractivity contribution < 1.29 is 4.79 Å². The van der Waals surface area contributed by atoms with Gasteiger partial charge in [0.25, 0.3) is 0 Å². The van der Waals surface area contributed by atoms with Crippen LogP contribution in [0.4, 0.5) is 0 Å². The van der Waals surface area contributed by atoms with Gasteiger partial charge in [0.05, 0.1) is 0 Å². The number of nitrogens with zero attached hydrogens (tertiary/aromatic N) is 1. The predicted octanol–water partition coefficient (Wildman–Crippen LogP) is 2.68. The molecule has 0 aliphatic rings. The Morgan fingerprint density at radius 3 is 2.15 bits per heavy atom. The zero-order chi connectivity index (χ0) is 10.6. The van der Waals surface area contributed by atoms with Crippen LogP contribution in [0, 0.1) is 5.41 Å². The van der Waals surface area contributed by atoms with E-state index in [2.05, 4.69) is 27.7 Å². The Hall–Kier alpha value is -0.530. The fraction of sp³-hybridized carbons (Fsp3) is 0.909. The van der Waals surface area contributed by atoms with E-state index in [1.165, 1.54) is 0 Å². The van der Waals surface area contributed by atoms with Gasteiger partial charge in [-0.2, -0.15) is 0 Å². The second-order valence-corrected chi connectivity index (χ2v) is 4.80. The lowest BCUT2D eigenvalue weighted by Gasteiger charge is -2.35. The van der Waals surface area contributed by atoms with Crippen molar-refractivity contribution in [2.45, 2.75) is 53.5 Å². The SMILES string of the molecule is CCCC(=O)N(C)[C@@H](C)C(C)(C)C. The molecule has 13 heavy (non-hydrogen) atoms. The predicted molar refractivity (Wildman–Crippen MR) is 56.6 cm³/mol. The Morgan fingerprint density at radius 1 is 1.38 bits per heavy atom. The number of hydrogen-bond acceptors (Lipinski definition) is 1. The average Bonchev–Trinajstić information content (AvgIpc) is 2.00. The van der Waals surface area contributed by atoms with Gasteiger partial charge in [0.1, 0.15) is 0 Å². The van der Waals surface area contributed by atoms with Crippen LogP contribution >= 0.6 is 0 Å². The molecule has 2 nitrogen and oxygen atoms in total. The first-order chi connectivity index (χ1) is 5.80. The molecule has 0 unspecified atom stereocenters. The molecule has 0 radical (unpaired) electrons. The van der Waals surface area contributed by atoms with Crippen LogP contribution in [0.15, 0.2) is 0 Å². The quantitative estimate of drug-likeness (QED) is 0.662. The molecular weight excluding hydrogens is 162 g/mol. The fourth-order valence-corrected chi connectivity index (χ4v) is 1.19. The Labute approximate surface area is 82.3 Å². The highest BCUT2D eigenvalue weighted by Crippen LogP contribution is 2.23. The van der Waals surface area contributed by atoms with Gasteiger partial charge < -0.3 is 4.90 Å². The Bertz CT molecular complexity index is 169. The van der Waals surface area contributed by atoms with E-state index in [1.54, 1.807) is 0 Å². The molecule has 0 fully saturated rings. The van der Waals surface area contributed by atoms with Gasteiger partial charge in [0, 0.05) is 19.5 Å². The van der Waals surface area contributed by atoms with Crippen molar-refractivity contribution in [1.29, 1.82) is 0 Å². The summed E-state index contributed by atoms with van der Waals surface area (Å²) in [6.07, 6.45) is 1.59. The van der Waals surface area contributed by atoms with Gasteiger partial charge in [-0.1, -0.05) is 27.7 Å². The molecule has 1 atom stereocenters. The third kappa shape index (κ3) is 3.79. The van der Waals surface area contributed by atoms with Crippen LogP contribution in [0.5, 0.6) is 0 Å². The van der Waals surface area contributed by atoms with Gasteiger partial charge in [-0.25, -0.2) is 0 Å². The standard InChI is InChI=1S/C11H23NO/c1-7-8-10(13)12(6)9(2)11(3,4)5/h9H,7-8H2,1-6H3/t9-/m0/s1. The summed E-state index contributed by atoms with van der Waals surface area (Å²) in [6.45, 7) is 10.6. The minimum atomic E-state index is 0.165. The van der Waals surface area contributed by atoms with E-state index in [9.17, 15) is 4.79 Å². The monoisotopic (exact) mass is 185 g/mol. The van der Waals surface area contributed by atoms with Crippen LogP contribution in [-0.4, -0.2) is 23.9 Å². The summed E-state index contributed by atoms with van der Waals surface area (Å²) >= 11 is 0. The van der Waals surface area contributed by atoms with E-state index >= 15 is 0 Å². The van der Waals surface area contributed by atoms with Crippen molar-refractivity contribution in [3.05, 3.63) is 0 Å². The van der Waals surface area contributed by atoms with Crippen LogP contribution < -0.4 is 0 Å². The maximum Gasteiger partial charge on any atom is 0.222 e. The zero-order valence-corrected chi connectivity index (χ0v) is 9.85. The average molecular weight is 185 g/mol. The summed E-state index contributed by atoms with van der Waals surface area (Å²) in [4.78, 5) is 13.4. The Morgan fingerprint density at radius 2 is 1.85 bits per heavy atom. The van der Waals surface area contributed by atoms with Gasteiger partial charge in [0.2, 0.25) is 5.91 Å². The van der Waals surface area contributed by atoms with E-state index in [-0.39, 0.29) is 11.3 Å². The van der Waals surface area contributed by atoms with Gasteiger partial charge in [-0.05, 0) is 18.8 Å². The molecule has 0 aromatic heterocycles. The van der Waals surface area contributed by atoms with Gasteiger partial charge in [-0.3, -0.25) is 4.79 Å². The highest BCUT2D eigenvalue weighted by molar-refractivity contribution is 5.76. The molecule has 78 valence electrons. The Balaban J connectivity index is 4.25. The number of rotatable bonds is 3. The van der Waals surface area contributed by atoms with E-state index in [0.29, 0.717) is 12.5 Å². The van der Waals surface area contributed by atoms with E-state index < -0.39 is 0 Å². The third-order valence-electron chi connectivity index (χ3n) is 2.69. The van der Waals surface area contributed by atoms with Crippen LogP contribution in [0.1, 0.15) is 47.5 Å². The molecule has 2 heteroatoms. The summed E-state index contributed by atoms with van der Waals surface area (Å²) in [5.41, 5.74) is 0.165. The van der Waals surface area contributed by atoms with Crippen LogP contribution in [0.2, 0.25) is 0 Å². The molecule has 0 rings (SSSR count). The molecule has 0 heterocycles.